The van der Waals surface area contributed by atoms with E-state index in [4.69, 9.17) is 22.0 Å². The summed E-state index contributed by atoms with van der Waals surface area (Å²) >= 11 is 0. The van der Waals surface area contributed by atoms with Crippen molar-refractivity contribution >= 4 is 77.1 Å². The van der Waals surface area contributed by atoms with Gasteiger partial charge in [0.15, 0.2) is 11.4 Å². The van der Waals surface area contributed by atoms with Crippen LogP contribution in [0, 0.1) is 13.1 Å². The lowest BCUT2D eigenvalue weighted by Crippen LogP contribution is -1.97. The van der Waals surface area contributed by atoms with Gasteiger partial charge in [-0.15, -0.1) is 0 Å². The molecule has 0 aliphatic heterocycles. The number of rotatable bonds is 2. The van der Waals surface area contributed by atoms with Crippen molar-refractivity contribution in [3.8, 4) is 16.8 Å². The van der Waals surface area contributed by atoms with Gasteiger partial charge in [0, 0.05) is 43.6 Å². The van der Waals surface area contributed by atoms with Crippen molar-refractivity contribution in [2.45, 2.75) is 0 Å². The Labute approximate surface area is 245 Å². The van der Waals surface area contributed by atoms with Gasteiger partial charge in [0.1, 0.15) is 22.3 Å². The number of fused-ring (bicyclic) bond motifs is 9. The van der Waals surface area contributed by atoms with Gasteiger partial charge in [-0.2, -0.15) is 0 Å². The minimum Gasteiger partial charge on any atom is -0.456 e. The molecule has 0 saturated carbocycles. The van der Waals surface area contributed by atoms with Gasteiger partial charge >= 0.3 is 0 Å². The predicted octanol–water partition coefficient (Wildman–Crippen LogP) is 11.4. The maximum Gasteiger partial charge on any atom is 0.196 e. The molecule has 0 aliphatic carbocycles. The Bertz CT molecular complexity index is 2650. The van der Waals surface area contributed by atoms with Crippen molar-refractivity contribution in [1.82, 2.24) is 4.57 Å². The Hall–Kier alpha value is -6.30. The van der Waals surface area contributed by atoms with Crippen LogP contribution in [0.5, 0.6) is 0 Å². The average Bonchev–Trinajstić information content (AvgIpc) is 3.71. The molecule has 198 valence electrons. The smallest absolute Gasteiger partial charge is 0.196 e. The Balaban J connectivity index is 1.32. The minimum absolute atomic E-state index is 0.571. The van der Waals surface area contributed by atoms with E-state index >= 15 is 0 Å². The van der Waals surface area contributed by atoms with E-state index in [2.05, 4.69) is 74.9 Å². The van der Waals surface area contributed by atoms with Gasteiger partial charge in [-0.05, 0) is 60.2 Å². The molecule has 3 heterocycles. The van der Waals surface area contributed by atoms with Gasteiger partial charge < -0.3 is 13.4 Å². The number of benzene rings is 6. The molecule has 0 unspecified atom stereocenters. The average molecular weight is 550 g/mol. The largest absolute Gasteiger partial charge is 0.456 e. The molecule has 43 heavy (non-hydrogen) atoms. The zero-order valence-electron chi connectivity index (χ0n) is 22.6. The van der Waals surface area contributed by atoms with Gasteiger partial charge in [-0.25, -0.2) is 9.69 Å². The molecule has 5 heteroatoms. The summed E-state index contributed by atoms with van der Waals surface area (Å²) in [5, 5.41) is 6.05. The molecule has 0 radical (unpaired) electrons. The van der Waals surface area contributed by atoms with Crippen molar-refractivity contribution < 1.29 is 8.83 Å². The molecule has 0 N–H and O–H groups in total. The van der Waals surface area contributed by atoms with Gasteiger partial charge in [0.25, 0.3) is 0 Å². The SMILES string of the molecule is [C-]#[N+]c1ccc2oc3cc4c(cc3c2c1)oc1ccc(-c2c([N+]#[C-])cccc2-n2c3ccccc3c3ccccc32)cc14. The number of aromatic nitrogens is 1. The molecule has 0 saturated heterocycles. The first kappa shape index (κ1) is 23.4. The van der Waals surface area contributed by atoms with Crippen molar-refractivity contribution in [3.05, 3.63) is 138 Å². The van der Waals surface area contributed by atoms with Crippen LogP contribution >= 0.6 is 0 Å². The standard InChI is InChI=1S/C38H19N3O2/c1-39-23-15-17-35-27(19-23)29-21-36-28(20-37(29)43-35)26-18-22(14-16-34(26)42-36)38-30(40-2)10-7-13-33(38)41-31-11-5-3-8-24(31)25-9-4-6-12-32(25)41/h3-21H. The fraction of sp³-hybridized carbons (Fsp3) is 0. The molecular formula is C38H19N3O2. The second kappa shape index (κ2) is 8.60. The lowest BCUT2D eigenvalue weighted by molar-refractivity contribution is 0.664. The van der Waals surface area contributed by atoms with Crippen LogP contribution in [-0.2, 0) is 0 Å². The van der Waals surface area contributed by atoms with Gasteiger partial charge in [0.2, 0.25) is 0 Å². The van der Waals surface area contributed by atoms with E-state index < -0.39 is 0 Å². The van der Waals surface area contributed by atoms with Gasteiger partial charge in [0.05, 0.1) is 24.2 Å². The Morgan fingerprint density at radius 1 is 0.488 bits per heavy atom. The Morgan fingerprint density at radius 3 is 1.74 bits per heavy atom. The van der Waals surface area contributed by atoms with Crippen LogP contribution < -0.4 is 0 Å². The van der Waals surface area contributed by atoms with E-state index in [1.165, 1.54) is 10.8 Å². The molecular weight excluding hydrogens is 530 g/mol. The molecule has 9 aromatic rings. The highest BCUT2D eigenvalue weighted by Crippen LogP contribution is 2.43. The molecule has 0 fully saturated rings. The minimum atomic E-state index is 0.571. The number of nitrogens with zero attached hydrogens (tertiary/aromatic N) is 3. The third-order valence-electron chi connectivity index (χ3n) is 8.42. The number of furan rings is 2. The zero-order valence-corrected chi connectivity index (χ0v) is 22.6. The fourth-order valence-electron chi connectivity index (χ4n) is 6.54. The normalized spacial score (nSPS) is 11.7. The zero-order chi connectivity index (χ0) is 28.7. The third kappa shape index (κ3) is 3.25. The third-order valence-corrected chi connectivity index (χ3v) is 8.42. The maximum atomic E-state index is 8.08. The predicted molar refractivity (Wildman–Crippen MR) is 173 cm³/mol. The molecule has 0 spiro atoms. The molecule has 0 bridgehead atoms. The van der Waals surface area contributed by atoms with Crippen molar-refractivity contribution in [3.63, 3.8) is 0 Å². The fourth-order valence-corrected chi connectivity index (χ4v) is 6.54. The van der Waals surface area contributed by atoms with E-state index in [0.29, 0.717) is 11.4 Å². The highest BCUT2D eigenvalue weighted by atomic mass is 16.3. The Morgan fingerprint density at radius 2 is 1.09 bits per heavy atom. The number of hydrogen-bond acceptors (Lipinski definition) is 2. The van der Waals surface area contributed by atoms with Crippen LogP contribution in [0.4, 0.5) is 11.4 Å². The van der Waals surface area contributed by atoms with Gasteiger partial charge in [-0.3, -0.25) is 0 Å². The highest BCUT2D eigenvalue weighted by molar-refractivity contribution is 6.16. The highest BCUT2D eigenvalue weighted by Gasteiger charge is 2.20. The molecule has 0 aliphatic rings. The van der Waals surface area contributed by atoms with E-state index in [9.17, 15) is 0 Å². The molecule has 6 aromatic carbocycles. The second-order valence-electron chi connectivity index (χ2n) is 10.7. The summed E-state index contributed by atoms with van der Waals surface area (Å²) in [5.74, 6) is 0. The quantitative estimate of drug-likeness (QED) is 0.201. The van der Waals surface area contributed by atoms with Crippen molar-refractivity contribution in [2.24, 2.45) is 0 Å². The van der Waals surface area contributed by atoms with Crippen LogP contribution in [0.25, 0.3) is 92.2 Å². The molecule has 0 amide bonds. The van der Waals surface area contributed by atoms with Crippen molar-refractivity contribution in [2.75, 3.05) is 0 Å². The Kier molecular flexibility index (Phi) is 4.68. The number of para-hydroxylation sites is 2. The molecule has 9 rings (SSSR count). The van der Waals surface area contributed by atoms with E-state index in [-0.39, 0.29) is 0 Å². The van der Waals surface area contributed by atoms with Crippen molar-refractivity contribution in [1.29, 1.82) is 0 Å². The van der Waals surface area contributed by atoms with Crippen LogP contribution in [0.2, 0.25) is 0 Å². The first-order valence-corrected chi connectivity index (χ1v) is 13.9. The molecule has 0 atom stereocenters. The maximum absolute atomic E-state index is 8.08. The second-order valence-corrected chi connectivity index (χ2v) is 10.7. The summed E-state index contributed by atoms with van der Waals surface area (Å²) in [7, 11) is 0. The topological polar surface area (TPSA) is 39.9 Å². The van der Waals surface area contributed by atoms with Crippen LogP contribution in [0.15, 0.2) is 124 Å². The van der Waals surface area contributed by atoms with Crippen LogP contribution in [0.1, 0.15) is 0 Å². The summed E-state index contributed by atoms with van der Waals surface area (Å²) in [6, 6.07) is 38.4. The monoisotopic (exact) mass is 549 g/mol. The summed E-state index contributed by atoms with van der Waals surface area (Å²) in [5.41, 5.74) is 9.09. The van der Waals surface area contributed by atoms with E-state index in [1.54, 1.807) is 6.07 Å². The van der Waals surface area contributed by atoms with Crippen LogP contribution in [-0.4, -0.2) is 4.57 Å². The molecule has 3 aromatic heterocycles. The number of hydrogen-bond donors (Lipinski definition) is 0. The summed E-state index contributed by atoms with van der Waals surface area (Å²) in [6.45, 7) is 15.5. The van der Waals surface area contributed by atoms with E-state index in [1.807, 2.05) is 48.5 Å². The lowest BCUT2D eigenvalue weighted by Gasteiger charge is -2.16. The first-order chi connectivity index (χ1) is 21.2. The first-order valence-electron chi connectivity index (χ1n) is 13.9. The summed E-state index contributed by atoms with van der Waals surface area (Å²) in [6.07, 6.45) is 0. The summed E-state index contributed by atoms with van der Waals surface area (Å²) in [4.78, 5) is 7.54. The lowest BCUT2D eigenvalue weighted by atomic mass is 9.98. The summed E-state index contributed by atoms with van der Waals surface area (Å²) < 4.78 is 14.8. The van der Waals surface area contributed by atoms with E-state index in [0.717, 1.165) is 71.7 Å². The van der Waals surface area contributed by atoms with Gasteiger partial charge in [-0.1, -0.05) is 60.7 Å². The molecule has 5 nitrogen and oxygen atoms in total. The van der Waals surface area contributed by atoms with Crippen LogP contribution in [0.3, 0.4) is 0 Å².